The number of aromatic nitrogens is 1. The highest BCUT2D eigenvalue weighted by Gasteiger charge is 2.28. The first-order valence-electron chi connectivity index (χ1n) is 6.47. The molecule has 0 radical (unpaired) electrons. The predicted molar refractivity (Wildman–Crippen MR) is 76.2 cm³/mol. The zero-order chi connectivity index (χ0) is 16.9. The fraction of sp³-hybridized carbons (Fsp3) is 0.214. The number of halogens is 3. The standard InChI is InChI=1S/C14H12F3N3O3/c15-14(16,17)9-23-11-5-3-10(4-6-11)8-19-13-12(20(21)22)2-1-7-18-13/h1-7H,8-9H2,(H,18,19). The van der Waals surface area contributed by atoms with Gasteiger partial charge in [0.05, 0.1) is 4.92 Å². The normalized spacial score (nSPS) is 11.1. The van der Waals surface area contributed by atoms with Gasteiger partial charge in [0.1, 0.15) is 5.75 Å². The highest BCUT2D eigenvalue weighted by atomic mass is 19.4. The van der Waals surface area contributed by atoms with E-state index in [0.29, 0.717) is 5.56 Å². The van der Waals surface area contributed by atoms with Crippen LogP contribution in [0.4, 0.5) is 24.7 Å². The Labute approximate surface area is 129 Å². The van der Waals surface area contributed by atoms with Crippen molar-refractivity contribution in [2.75, 3.05) is 11.9 Å². The Morgan fingerprint density at radius 3 is 2.52 bits per heavy atom. The number of pyridine rings is 1. The number of benzene rings is 1. The van der Waals surface area contributed by atoms with Gasteiger partial charge in [0.2, 0.25) is 5.82 Å². The third-order valence-corrected chi connectivity index (χ3v) is 2.77. The Hall–Kier alpha value is -2.84. The van der Waals surface area contributed by atoms with Crippen LogP contribution in [0.3, 0.4) is 0 Å². The van der Waals surface area contributed by atoms with E-state index in [1.54, 1.807) is 12.1 Å². The molecule has 0 fully saturated rings. The minimum Gasteiger partial charge on any atom is -0.484 e. The third-order valence-electron chi connectivity index (χ3n) is 2.77. The lowest BCUT2D eigenvalue weighted by Gasteiger charge is -2.10. The molecule has 0 saturated carbocycles. The first-order chi connectivity index (χ1) is 10.8. The molecule has 0 aliphatic carbocycles. The molecule has 1 aromatic heterocycles. The van der Waals surface area contributed by atoms with Crippen LogP contribution in [-0.4, -0.2) is 22.7 Å². The molecule has 1 N–H and O–H groups in total. The molecule has 0 aliphatic rings. The van der Waals surface area contributed by atoms with Gasteiger partial charge in [0, 0.05) is 18.8 Å². The van der Waals surface area contributed by atoms with E-state index in [-0.39, 0.29) is 23.8 Å². The summed E-state index contributed by atoms with van der Waals surface area (Å²) >= 11 is 0. The molecule has 6 nitrogen and oxygen atoms in total. The third kappa shape index (κ3) is 5.13. The number of rotatable bonds is 6. The molecule has 0 saturated heterocycles. The summed E-state index contributed by atoms with van der Waals surface area (Å²) < 4.78 is 40.7. The quantitative estimate of drug-likeness (QED) is 0.648. The first-order valence-corrected chi connectivity index (χ1v) is 6.47. The van der Waals surface area contributed by atoms with Crippen molar-refractivity contribution in [1.29, 1.82) is 0 Å². The molecule has 1 aromatic carbocycles. The minimum atomic E-state index is -4.39. The lowest BCUT2D eigenvalue weighted by Crippen LogP contribution is -2.19. The predicted octanol–water partition coefficient (Wildman–Crippen LogP) is 3.54. The summed E-state index contributed by atoms with van der Waals surface area (Å²) in [5.74, 6) is 0.213. The molecule has 0 spiro atoms. The summed E-state index contributed by atoms with van der Waals surface area (Å²) in [6.45, 7) is -1.12. The van der Waals surface area contributed by atoms with Crippen LogP contribution >= 0.6 is 0 Å². The molecular formula is C14H12F3N3O3. The van der Waals surface area contributed by atoms with Gasteiger partial charge in [-0.3, -0.25) is 10.1 Å². The van der Waals surface area contributed by atoms with Crippen LogP contribution in [0, 0.1) is 10.1 Å². The number of nitro groups is 1. The molecule has 122 valence electrons. The van der Waals surface area contributed by atoms with Crippen molar-refractivity contribution in [3.8, 4) is 5.75 Å². The van der Waals surface area contributed by atoms with E-state index < -0.39 is 17.7 Å². The fourth-order valence-electron chi connectivity index (χ4n) is 1.73. The zero-order valence-corrected chi connectivity index (χ0v) is 11.7. The Bertz CT molecular complexity index is 675. The molecule has 1 heterocycles. The number of ether oxygens (including phenoxy) is 1. The van der Waals surface area contributed by atoms with Gasteiger partial charge in [-0.05, 0) is 23.8 Å². The second kappa shape index (κ2) is 6.95. The number of nitrogens with one attached hydrogen (secondary N) is 1. The van der Waals surface area contributed by atoms with Crippen molar-refractivity contribution >= 4 is 11.5 Å². The van der Waals surface area contributed by atoms with Gasteiger partial charge < -0.3 is 10.1 Å². The summed E-state index contributed by atoms with van der Waals surface area (Å²) in [5, 5.41) is 13.7. The second-order valence-electron chi connectivity index (χ2n) is 4.53. The van der Waals surface area contributed by atoms with Crippen LogP contribution in [0.15, 0.2) is 42.6 Å². The maximum absolute atomic E-state index is 12.0. The van der Waals surface area contributed by atoms with Crippen molar-refractivity contribution in [2.45, 2.75) is 12.7 Å². The lowest BCUT2D eigenvalue weighted by molar-refractivity contribution is -0.384. The van der Waals surface area contributed by atoms with Gasteiger partial charge in [-0.2, -0.15) is 13.2 Å². The Kier molecular flexibility index (Phi) is 4.99. The monoisotopic (exact) mass is 327 g/mol. The van der Waals surface area contributed by atoms with E-state index in [1.165, 1.54) is 30.5 Å². The van der Waals surface area contributed by atoms with Crippen molar-refractivity contribution in [2.24, 2.45) is 0 Å². The van der Waals surface area contributed by atoms with E-state index >= 15 is 0 Å². The molecular weight excluding hydrogens is 315 g/mol. The number of nitrogens with zero attached hydrogens (tertiary/aromatic N) is 2. The zero-order valence-electron chi connectivity index (χ0n) is 11.7. The Balaban J connectivity index is 1.96. The first kappa shape index (κ1) is 16.5. The van der Waals surface area contributed by atoms with Crippen LogP contribution < -0.4 is 10.1 Å². The highest BCUT2D eigenvalue weighted by molar-refractivity contribution is 5.55. The molecule has 0 unspecified atom stereocenters. The van der Waals surface area contributed by atoms with Crippen LogP contribution in [-0.2, 0) is 6.54 Å². The van der Waals surface area contributed by atoms with Crippen LogP contribution in [0.2, 0.25) is 0 Å². The fourth-order valence-corrected chi connectivity index (χ4v) is 1.73. The Morgan fingerprint density at radius 2 is 1.91 bits per heavy atom. The average Bonchev–Trinajstić information content (AvgIpc) is 2.51. The smallest absolute Gasteiger partial charge is 0.422 e. The number of anilines is 1. The van der Waals surface area contributed by atoms with Crippen molar-refractivity contribution < 1.29 is 22.8 Å². The molecule has 0 atom stereocenters. The van der Waals surface area contributed by atoms with Gasteiger partial charge in [-0.25, -0.2) is 4.98 Å². The maximum atomic E-state index is 12.0. The van der Waals surface area contributed by atoms with Gasteiger partial charge in [0.25, 0.3) is 0 Å². The molecule has 2 rings (SSSR count). The maximum Gasteiger partial charge on any atom is 0.422 e. The summed E-state index contributed by atoms with van der Waals surface area (Å²) in [6.07, 6.45) is -2.97. The topological polar surface area (TPSA) is 77.3 Å². The summed E-state index contributed by atoms with van der Waals surface area (Å²) in [5.41, 5.74) is 0.557. The van der Waals surface area contributed by atoms with Crippen LogP contribution in [0.1, 0.15) is 5.56 Å². The second-order valence-corrected chi connectivity index (χ2v) is 4.53. The summed E-state index contributed by atoms with van der Waals surface area (Å²) in [6, 6.07) is 8.70. The van der Waals surface area contributed by atoms with Gasteiger partial charge in [-0.1, -0.05) is 12.1 Å². The molecule has 9 heteroatoms. The van der Waals surface area contributed by atoms with Crippen molar-refractivity contribution in [1.82, 2.24) is 4.98 Å². The molecule has 2 aromatic rings. The van der Waals surface area contributed by atoms with Gasteiger partial charge >= 0.3 is 11.9 Å². The number of hydrogen-bond acceptors (Lipinski definition) is 5. The molecule has 0 bridgehead atoms. The highest BCUT2D eigenvalue weighted by Crippen LogP contribution is 2.22. The number of hydrogen-bond donors (Lipinski definition) is 1. The van der Waals surface area contributed by atoms with Crippen molar-refractivity contribution in [3.63, 3.8) is 0 Å². The van der Waals surface area contributed by atoms with E-state index in [4.69, 9.17) is 0 Å². The molecule has 0 amide bonds. The minimum absolute atomic E-state index is 0.0925. The van der Waals surface area contributed by atoms with Crippen LogP contribution in [0.25, 0.3) is 0 Å². The summed E-state index contributed by atoms with van der Waals surface area (Å²) in [7, 11) is 0. The van der Waals surface area contributed by atoms with Gasteiger partial charge in [-0.15, -0.1) is 0 Å². The van der Waals surface area contributed by atoms with Gasteiger partial charge in [0.15, 0.2) is 6.61 Å². The molecule has 23 heavy (non-hydrogen) atoms. The largest absolute Gasteiger partial charge is 0.484 e. The van der Waals surface area contributed by atoms with Crippen molar-refractivity contribution in [3.05, 3.63) is 58.3 Å². The van der Waals surface area contributed by atoms with E-state index in [0.717, 1.165) is 0 Å². The number of alkyl halides is 3. The van der Waals surface area contributed by atoms with E-state index in [9.17, 15) is 23.3 Å². The Morgan fingerprint density at radius 1 is 1.22 bits per heavy atom. The van der Waals surface area contributed by atoms with E-state index in [2.05, 4.69) is 15.0 Å². The average molecular weight is 327 g/mol. The van der Waals surface area contributed by atoms with E-state index in [1.807, 2.05) is 0 Å². The van der Waals surface area contributed by atoms with Crippen LogP contribution in [0.5, 0.6) is 5.75 Å². The lowest BCUT2D eigenvalue weighted by atomic mass is 10.2. The summed E-state index contributed by atoms with van der Waals surface area (Å²) in [4.78, 5) is 14.2. The SMILES string of the molecule is O=[N+]([O-])c1cccnc1NCc1ccc(OCC(F)(F)F)cc1. The molecule has 0 aliphatic heterocycles.